The Morgan fingerprint density at radius 1 is 1.09 bits per heavy atom. The van der Waals surface area contributed by atoms with Crippen LogP contribution in [-0.2, 0) is 0 Å². The summed E-state index contributed by atoms with van der Waals surface area (Å²) in [4.78, 5) is 11.6. The average Bonchev–Trinajstić information content (AvgIpc) is 2.47. The molecule has 4 nitrogen and oxygen atoms in total. The summed E-state index contributed by atoms with van der Waals surface area (Å²) < 4.78 is 39.1. The number of aliphatic hydroxyl groups excluding tert-OH is 1. The molecule has 0 radical (unpaired) electrons. The fourth-order valence-electron chi connectivity index (χ4n) is 1.78. The van der Waals surface area contributed by atoms with Gasteiger partial charge in [-0.2, -0.15) is 0 Å². The van der Waals surface area contributed by atoms with E-state index in [1.54, 1.807) is 0 Å². The molecular formula is C15H13F3N2O2. The Balaban J connectivity index is 1.90. The third kappa shape index (κ3) is 4.23. The monoisotopic (exact) mass is 310 g/mol. The zero-order valence-corrected chi connectivity index (χ0v) is 11.3. The quantitative estimate of drug-likeness (QED) is 0.813. The van der Waals surface area contributed by atoms with Crippen LogP contribution in [0.15, 0.2) is 42.5 Å². The van der Waals surface area contributed by atoms with Crippen molar-refractivity contribution < 1.29 is 23.1 Å². The van der Waals surface area contributed by atoms with Gasteiger partial charge in [0.05, 0.1) is 11.8 Å². The first-order chi connectivity index (χ1) is 10.5. The van der Waals surface area contributed by atoms with Gasteiger partial charge in [-0.05, 0) is 29.8 Å². The SMILES string of the molecule is O=C(NCC(O)c1cccc(F)c1)Nc1ccc(F)cc1F. The lowest BCUT2D eigenvalue weighted by molar-refractivity contribution is 0.174. The highest BCUT2D eigenvalue weighted by molar-refractivity contribution is 5.89. The van der Waals surface area contributed by atoms with Crippen molar-refractivity contribution in [3.63, 3.8) is 0 Å². The highest BCUT2D eigenvalue weighted by Crippen LogP contribution is 2.15. The second-order valence-corrected chi connectivity index (χ2v) is 4.53. The van der Waals surface area contributed by atoms with E-state index < -0.39 is 29.6 Å². The van der Waals surface area contributed by atoms with E-state index >= 15 is 0 Å². The molecule has 0 aliphatic heterocycles. The van der Waals surface area contributed by atoms with Crippen LogP contribution in [0.2, 0.25) is 0 Å². The van der Waals surface area contributed by atoms with Crippen molar-refractivity contribution in [3.8, 4) is 0 Å². The van der Waals surface area contributed by atoms with Gasteiger partial charge >= 0.3 is 6.03 Å². The molecule has 1 atom stereocenters. The number of benzene rings is 2. The third-order valence-corrected chi connectivity index (χ3v) is 2.87. The molecule has 0 fully saturated rings. The van der Waals surface area contributed by atoms with Crippen LogP contribution in [0.5, 0.6) is 0 Å². The minimum atomic E-state index is -1.11. The molecule has 22 heavy (non-hydrogen) atoms. The first kappa shape index (κ1) is 15.8. The first-order valence-corrected chi connectivity index (χ1v) is 6.39. The number of urea groups is 1. The number of rotatable bonds is 4. The maximum atomic E-state index is 13.3. The molecule has 0 saturated carbocycles. The summed E-state index contributed by atoms with van der Waals surface area (Å²) in [6, 6.07) is 7.25. The smallest absolute Gasteiger partial charge is 0.319 e. The summed E-state index contributed by atoms with van der Waals surface area (Å²) in [5.74, 6) is -2.18. The normalized spacial score (nSPS) is 11.8. The van der Waals surface area contributed by atoms with Gasteiger partial charge in [0.2, 0.25) is 0 Å². The van der Waals surface area contributed by atoms with E-state index in [2.05, 4.69) is 10.6 Å². The topological polar surface area (TPSA) is 61.4 Å². The van der Waals surface area contributed by atoms with Crippen LogP contribution < -0.4 is 10.6 Å². The molecule has 2 amide bonds. The minimum absolute atomic E-state index is 0.195. The molecule has 1 unspecified atom stereocenters. The van der Waals surface area contributed by atoms with Gasteiger partial charge in [0.25, 0.3) is 0 Å². The predicted molar refractivity (Wildman–Crippen MR) is 74.7 cm³/mol. The number of hydrogen-bond donors (Lipinski definition) is 3. The molecule has 7 heteroatoms. The highest BCUT2D eigenvalue weighted by Gasteiger charge is 2.12. The minimum Gasteiger partial charge on any atom is -0.387 e. The molecule has 0 saturated heterocycles. The van der Waals surface area contributed by atoms with Gasteiger partial charge in [-0.3, -0.25) is 0 Å². The lowest BCUT2D eigenvalue weighted by atomic mass is 10.1. The Kier molecular flexibility index (Phi) is 5.00. The molecule has 2 aromatic rings. The van der Waals surface area contributed by atoms with E-state index in [0.29, 0.717) is 11.6 Å². The van der Waals surface area contributed by atoms with Gasteiger partial charge < -0.3 is 15.7 Å². The van der Waals surface area contributed by atoms with Crippen molar-refractivity contribution in [3.05, 3.63) is 65.5 Å². The van der Waals surface area contributed by atoms with Crippen molar-refractivity contribution in [2.75, 3.05) is 11.9 Å². The number of carbonyl (C=O) groups is 1. The fourth-order valence-corrected chi connectivity index (χ4v) is 1.78. The van der Waals surface area contributed by atoms with Crippen molar-refractivity contribution in [2.45, 2.75) is 6.10 Å². The molecule has 0 aromatic heterocycles. The van der Waals surface area contributed by atoms with Crippen LogP contribution >= 0.6 is 0 Å². The second-order valence-electron chi connectivity index (χ2n) is 4.53. The average molecular weight is 310 g/mol. The molecule has 0 aliphatic carbocycles. The van der Waals surface area contributed by atoms with Crippen LogP contribution in [0.25, 0.3) is 0 Å². The summed E-state index contributed by atoms with van der Waals surface area (Å²) in [6.45, 7) is -0.196. The number of hydrogen-bond acceptors (Lipinski definition) is 2. The molecule has 0 aliphatic rings. The molecule has 0 spiro atoms. The maximum absolute atomic E-state index is 13.3. The van der Waals surface area contributed by atoms with E-state index in [0.717, 1.165) is 18.2 Å². The summed E-state index contributed by atoms with van der Waals surface area (Å²) in [6.07, 6.45) is -1.11. The van der Waals surface area contributed by atoms with Crippen molar-refractivity contribution >= 4 is 11.7 Å². The molecule has 2 aromatic carbocycles. The van der Waals surface area contributed by atoms with Crippen LogP contribution in [-0.4, -0.2) is 17.7 Å². The summed E-state index contributed by atoms with van der Waals surface area (Å²) in [5.41, 5.74) is 0.104. The Morgan fingerprint density at radius 2 is 1.82 bits per heavy atom. The maximum Gasteiger partial charge on any atom is 0.319 e. The Bertz CT molecular complexity index is 680. The summed E-state index contributed by atoms with van der Waals surface area (Å²) in [7, 11) is 0. The van der Waals surface area contributed by atoms with E-state index in [1.165, 1.54) is 18.2 Å². The summed E-state index contributed by atoms with van der Waals surface area (Å²) in [5, 5.41) is 14.3. The van der Waals surface area contributed by atoms with Crippen LogP contribution in [0.1, 0.15) is 11.7 Å². The number of aliphatic hydroxyl groups is 1. The zero-order chi connectivity index (χ0) is 16.1. The van der Waals surface area contributed by atoms with E-state index in [-0.39, 0.29) is 12.2 Å². The predicted octanol–water partition coefficient (Wildman–Crippen LogP) is 2.96. The second kappa shape index (κ2) is 6.95. The van der Waals surface area contributed by atoms with Crippen molar-refractivity contribution in [1.29, 1.82) is 0 Å². The molecular weight excluding hydrogens is 297 g/mol. The van der Waals surface area contributed by atoms with Gasteiger partial charge in [-0.1, -0.05) is 12.1 Å². The number of carbonyl (C=O) groups excluding carboxylic acids is 1. The first-order valence-electron chi connectivity index (χ1n) is 6.39. The van der Waals surface area contributed by atoms with Gasteiger partial charge in [0.1, 0.15) is 17.5 Å². The Morgan fingerprint density at radius 3 is 2.50 bits per heavy atom. The standard InChI is InChI=1S/C15H13F3N2O2/c16-10-3-1-2-9(6-10)14(21)8-19-15(22)20-13-5-4-11(17)7-12(13)18/h1-7,14,21H,8H2,(H2,19,20,22). The highest BCUT2D eigenvalue weighted by atomic mass is 19.1. The van der Waals surface area contributed by atoms with E-state index in [9.17, 15) is 23.1 Å². The lowest BCUT2D eigenvalue weighted by Crippen LogP contribution is -2.32. The molecule has 116 valence electrons. The number of halogens is 3. The zero-order valence-electron chi connectivity index (χ0n) is 11.3. The third-order valence-electron chi connectivity index (χ3n) is 2.87. The lowest BCUT2D eigenvalue weighted by Gasteiger charge is -2.13. The van der Waals surface area contributed by atoms with E-state index in [4.69, 9.17) is 0 Å². The Labute approximate surface area is 124 Å². The van der Waals surface area contributed by atoms with Gasteiger partial charge in [-0.15, -0.1) is 0 Å². The largest absolute Gasteiger partial charge is 0.387 e. The van der Waals surface area contributed by atoms with Crippen LogP contribution in [0.4, 0.5) is 23.7 Å². The molecule has 3 N–H and O–H groups in total. The molecule has 0 bridgehead atoms. The number of anilines is 1. The van der Waals surface area contributed by atoms with Crippen molar-refractivity contribution in [2.24, 2.45) is 0 Å². The molecule has 2 rings (SSSR count). The van der Waals surface area contributed by atoms with Crippen molar-refractivity contribution in [1.82, 2.24) is 5.32 Å². The van der Waals surface area contributed by atoms with Crippen LogP contribution in [0, 0.1) is 17.5 Å². The summed E-state index contributed by atoms with van der Waals surface area (Å²) >= 11 is 0. The fraction of sp³-hybridized carbons (Fsp3) is 0.133. The van der Waals surface area contributed by atoms with E-state index in [1.807, 2.05) is 0 Å². The van der Waals surface area contributed by atoms with Gasteiger partial charge in [0.15, 0.2) is 0 Å². The number of nitrogens with one attached hydrogen (secondary N) is 2. The van der Waals surface area contributed by atoms with Gasteiger partial charge in [-0.25, -0.2) is 18.0 Å². The van der Waals surface area contributed by atoms with Crippen LogP contribution in [0.3, 0.4) is 0 Å². The molecule has 0 heterocycles. The number of amides is 2. The van der Waals surface area contributed by atoms with Gasteiger partial charge in [0, 0.05) is 12.6 Å². The Hall–Kier alpha value is -2.54.